The topological polar surface area (TPSA) is 76.4 Å². The number of allylic oxidation sites excluding steroid dienone is 1. The molecular formula is C7H9N3O2. The van der Waals surface area contributed by atoms with Gasteiger partial charge in [-0.15, -0.1) is 5.48 Å². The van der Waals surface area contributed by atoms with Gasteiger partial charge in [-0.05, 0) is 6.08 Å². The summed E-state index contributed by atoms with van der Waals surface area (Å²) in [6.45, 7) is 0.604. The second-order valence-electron chi connectivity index (χ2n) is 2.66. The number of rotatable bonds is 1. The van der Waals surface area contributed by atoms with E-state index in [1.165, 1.54) is 0 Å². The lowest BCUT2D eigenvalue weighted by Crippen LogP contribution is -2.40. The summed E-state index contributed by atoms with van der Waals surface area (Å²) in [4.78, 5) is 15.9. The Labute approximate surface area is 69.2 Å². The highest BCUT2D eigenvalue weighted by Gasteiger charge is 2.31. The molecule has 64 valence electrons. The molecule has 0 radical (unpaired) electrons. The number of hydrogen-bond acceptors (Lipinski definition) is 4. The van der Waals surface area contributed by atoms with Gasteiger partial charge in [0.25, 0.3) is 0 Å². The summed E-state index contributed by atoms with van der Waals surface area (Å²) in [7, 11) is 0. The Morgan fingerprint density at radius 1 is 1.75 bits per heavy atom. The lowest BCUT2D eigenvalue weighted by molar-refractivity contribution is -0.120. The van der Waals surface area contributed by atoms with Gasteiger partial charge in [0.05, 0.1) is 0 Å². The number of amides is 1. The summed E-state index contributed by atoms with van der Waals surface area (Å²) in [5, 5.41) is 2.97. The summed E-state index contributed by atoms with van der Waals surface area (Å²) in [6, 6.07) is -0.488. The molecular weight excluding hydrogens is 158 g/mol. The Balaban J connectivity index is 2.27. The van der Waals surface area contributed by atoms with Crippen molar-refractivity contribution in [2.24, 2.45) is 5.73 Å². The fourth-order valence-electron chi connectivity index (χ4n) is 1.26. The first-order valence-corrected chi connectivity index (χ1v) is 3.63. The zero-order chi connectivity index (χ0) is 8.55. The molecule has 0 saturated heterocycles. The smallest absolute Gasteiger partial charge is 0.242 e. The molecule has 2 aliphatic rings. The van der Waals surface area contributed by atoms with E-state index in [0.29, 0.717) is 12.3 Å². The van der Waals surface area contributed by atoms with Gasteiger partial charge >= 0.3 is 0 Å². The molecule has 0 bridgehead atoms. The van der Waals surface area contributed by atoms with Gasteiger partial charge in [0, 0.05) is 18.3 Å². The number of primary amides is 1. The summed E-state index contributed by atoms with van der Waals surface area (Å²) in [5.74, 6) is 0.273. The Morgan fingerprint density at radius 3 is 3.33 bits per heavy atom. The van der Waals surface area contributed by atoms with Gasteiger partial charge in [-0.1, -0.05) is 0 Å². The molecule has 0 spiro atoms. The predicted octanol–water partition coefficient (Wildman–Crippen LogP) is -1.25. The average Bonchev–Trinajstić information content (AvgIpc) is 2.47. The zero-order valence-electron chi connectivity index (χ0n) is 6.33. The lowest BCUT2D eigenvalue weighted by atomic mass is 10.1. The second-order valence-corrected chi connectivity index (χ2v) is 2.66. The fraction of sp³-hybridized carbons (Fsp3) is 0.286. The van der Waals surface area contributed by atoms with E-state index in [4.69, 9.17) is 10.6 Å². The van der Waals surface area contributed by atoms with Crippen molar-refractivity contribution in [1.82, 2.24) is 10.8 Å². The van der Waals surface area contributed by atoms with Crippen LogP contribution in [0, 0.1) is 0 Å². The van der Waals surface area contributed by atoms with Crippen LogP contribution in [0.2, 0.25) is 0 Å². The molecule has 0 aromatic heterocycles. The first-order chi connectivity index (χ1) is 5.79. The van der Waals surface area contributed by atoms with Crippen molar-refractivity contribution < 1.29 is 9.63 Å². The van der Waals surface area contributed by atoms with E-state index in [9.17, 15) is 4.79 Å². The molecule has 0 aliphatic carbocycles. The van der Waals surface area contributed by atoms with Crippen LogP contribution in [0.15, 0.2) is 23.6 Å². The molecule has 2 heterocycles. The molecule has 12 heavy (non-hydrogen) atoms. The SMILES string of the molecule is NC(=O)C1NOC2=C1CNC=C2. The maximum atomic E-state index is 10.9. The van der Waals surface area contributed by atoms with Crippen LogP contribution in [0.25, 0.3) is 0 Å². The summed E-state index contributed by atoms with van der Waals surface area (Å²) in [5.41, 5.74) is 8.56. The van der Waals surface area contributed by atoms with Crippen molar-refractivity contribution in [3.8, 4) is 0 Å². The fourth-order valence-corrected chi connectivity index (χ4v) is 1.26. The van der Waals surface area contributed by atoms with E-state index in [2.05, 4.69) is 10.8 Å². The van der Waals surface area contributed by atoms with Crippen molar-refractivity contribution in [3.63, 3.8) is 0 Å². The number of dihydropyridines is 1. The van der Waals surface area contributed by atoms with E-state index in [0.717, 1.165) is 5.57 Å². The minimum Gasteiger partial charge on any atom is -0.408 e. The number of hydrogen-bond donors (Lipinski definition) is 3. The summed E-state index contributed by atoms with van der Waals surface area (Å²) >= 11 is 0. The quantitative estimate of drug-likeness (QED) is 0.456. The van der Waals surface area contributed by atoms with Gasteiger partial charge in [0.15, 0.2) is 5.76 Å². The minimum absolute atomic E-state index is 0.419. The highest BCUT2D eigenvalue weighted by molar-refractivity contribution is 5.84. The maximum Gasteiger partial charge on any atom is 0.242 e. The van der Waals surface area contributed by atoms with Gasteiger partial charge in [-0.2, -0.15) is 0 Å². The number of carbonyl (C=O) groups is 1. The molecule has 0 saturated carbocycles. The van der Waals surface area contributed by atoms with Crippen LogP contribution < -0.4 is 16.5 Å². The average molecular weight is 167 g/mol. The molecule has 5 heteroatoms. The Hall–Kier alpha value is -1.49. The third kappa shape index (κ3) is 0.947. The zero-order valence-corrected chi connectivity index (χ0v) is 6.33. The molecule has 1 unspecified atom stereocenters. The van der Waals surface area contributed by atoms with Gasteiger partial charge in [0.1, 0.15) is 6.04 Å². The monoisotopic (exact) mass is 167 g/mol. The molecule has 1 amide bonds. The number of hydroxylamine groups is 1. The first kappa shape index (κ1) is 7.17. The van der Waals surface area contributed by atoms with E-state index < -0.39 is 11.9 Å². The van der Waals surface area contributed by atoms with Crippen LogP contribution in [-0.2, 0) is 9.63 Å². The predicted molar refractivity (Wildman–Crippen MR) is 41.4 cm³/mol. The third-order valence-electron chi connectivity index (χ3n) is 1.88. The van der Waals surface area contributed by atoms with Crippen molar-refractivity contribution in [1.29, 1.82) is 0 Å². The molecule has 2 aliphatic heterocycles. The molecule has 4 N–H and O–H groups in total. The van der Waals surface area contributed by atoms with Gasteiger partial charge in [-0.25, -0.2) is 0 Å². The van der Waals surface area contributed by atoms with Crippen molar-refractivity contribution in [2.45, 2.75) is 6.04 Å². The van der Waals surface area contributed by atoms with Crippen LogP contribution in [0.3, 0.4) is 0 Å². The molecule has 0 aromatic carbocycles. The highest BCUT2D eigenvalue weighted by Crippen LogP contribution is 2.19. The second kappa shape index (κ2) is 2.53. The Kier molecular flexibility index (Phi) is 1.51. The van der Waals surface area contributed by atoms with E-state index in [-0.39, 0.29) is 0 Å². The van der Waals surface area contributed by atoms with E-state index >= 15 is 0 Å². The number of carbonyl (C=O) groups excluding carboxylic acids is 1. The highest BCUT2D eigenvalue weighted by atomic mass is 16.7. The molecule has 1 atom stereocenters. The largest absolute Gasteiger partial charge is 0.408 e. The van der Waals surface area contributed by atoms with Gasteiger partial charge in [-0.3, -0.25) is 4.79 Å². The summed E-state index contributed by atoms with van der Waals surface area (Å²) in [6.07, 6.45) is 3.53. The van der Waals surface area contributed by atoms with Crippen LogP contribution in [-0.4, -0.2) is 18.5 Å². The van der Waals surface area contributed by atoms with Crippen LogP contribution in [0.1, 0.15) is 0 Å². The Morgan fingerprint density at radius 2 is 2.58 bits per heavy atom. The number of nitrogens with two attached hydrogens (primary N) is 1. The lowest BCUT2D eigenvalue weighted by Gasteiger charge is -2.10. The van der Waals surface area contributed by atoms with Crippen LogP contribution in [0.4, 0.5) is 0 Å². The Bertz CT molecular complexity index is 282. The molecule has 5 nitrogen and oxygen atoms in total. The minimum atomic E-state index is -0.488. The van der Waals surface area contributed by atoms with E-state index in [1.54, 1.807) is 12.3 Å². The normalized spacial score (nSPS) is 26.2. The van der Waals surface area contributed by atoms with Crippen molar-refractivity contribution in [2.75, 3.05) is 6.54 Å². The van der Waals surface area contributed by atoms with Crippen LogP contribution in [0.5, 0.6) is 0 Å². The van der Waals surface area contributed by atoms with Gasteiger partial charge in [0.2, 0.25) is 5.91 Å². The van der Waals surface area contributed by atoms with E-state index in [1.807, 2.05) is 0 Å². The maximum absolute atomic E-state index is 10.9. The van der Waals surface area contributed by atoms with Crippen molar-refractivity contribution in [3.05, 3.63) is 23.6 Å². The standard InChI is InChI=1S/C7H9N3O2/c8-7(11)6-4-3-9-2-1-5(4)12-10-6/h1-2,6,9-10H,3H2,(H2,8,11). The summed E-state index contributed by atoms with van der Waals surface area (Å²) < 4.78 is 0. The van der Waals surface area contributed by atoms with Crippen molar-refractivity contribution >= 4 is 5.91 Å². The van der Waals surface area contributed by atoms with Crippen LogP contribution >= 0.6 is 0 Å². The third-order valence-corrected chi connectivity index (χ3v) is 1.88. The molecule has 2 rings (SSSR count). The molecule has 0 fully saturated rings. The first-order valence-electron chi connectivity index (χ1n) is 3.63. The number of nitrogens with one attached hydrogen (secondary N) is 2. The van der Waals surface area contributed by atoms with Gasteiger partial charge < -0.3 is 15.9 Å². The molecule has 0 aromatic rings.